The highest BCUT2D eigenvalue weighted by Crippen LogP contribution is 2.22. The van der Waals surface area contributed by atoms with Crippen LogP contribution in [-0.2, 0) is 9.53 Å². The minimum atomic E-state index is -0.863. The Kier molecular flexibility index (Phi) is 6.65. The van der Waals surface area contributed by atoms with Gasteiger partial charge in [0.15, 0.2) is 6.10 Å². The number of piperidine rings is 1. The zero-order valence-electron chi connectivity index (χ0n) is 17.5. The number of ether oxygens (including phenoxy) is 1. The van der Waals surface area contributed by atoms with Crippen LogP contribution in [0.3, 0.4) is 0 Å². The van der Waals surface area contributed by atoms with Crippen LogP contribution < -0.4 is 0 Å². The first-order chi connectivity index (χ1) is 14.3. The van der Waals surface area contributed by atoms with Crippen LogP contribution in [0, 0.1) is 25.6 Å². The minimum absolute atomic E-state index is 0.180. The Morgan fingerprint density at radius 3 is 2.17 bits per heavy atom. The van der Waals surface area contributed by atoms with Crippen molar-refractivity contribution < 1.29 is 23.5 Å². The van der Waals surface area contributed by atoms with Crippen molar-refractivity contribution in [1.82, 2.24) is 4.90 Å². The molecule has 5 nitrogen and oxygen atoms in total. The summed E-state index contributed by atoms with van der Waals surface area (Å²) in [5.74, 6) is -1.56. The van der Waals surface area contributed by atoms with E-state index in [0.29, 0.717) is 37.1 Å². The van der Waals surface area contributed by atoms with Crippen LogP contribution in [0.1, 0.15) is 51.6 Å². The number of carbonyl (C=O) groups is 3. The van der Waals surface area contributed by atoms with Crippen molar-refractivity contribution in [2.24, 2.45) is 5.92 Å². The van der Waals surface area contributed by atoms with Gasteiger partial charge in [-0.3, -0.25) is 14.4 Å². The van der Waals surface area contributed by atoms with Crippen LogP contribution in [0.25, 0.3) is 0 Å². The second-order valence-electron chi connectivity index (χ2n) is 7.82. The van der Waals surface area contributed by atoms with Crippen LogP contribution in [0.5, 0.6) is 0 Å². The van der Waals surface area contributed by atoms with Gasteiger partial charge in [0.1, 0.15) is 5.82 Å². The molecule has 1 aliphatic heterocycles. The molecule has 1 aliphatic rings. The molecule has 0 bridgehead atoms. The summed E-state index contributed by atoms with van der Waals surface area (Å²) in [6.07, 6.45) is 0.0746. The summed E-state index contributed by atoms with van der Waals surface area (Å²) in [6.45, 7) is 6.32. The number of amides is 1. The maximum atomic E-state index is 13.0. The fourth-order valence-corrected chi connectivity index (χ4v) is 3.55. The normalized spacial score (nSPS) is 15.5. The average molecular weight is 411 g/mol. The van der Waals surface area contributed by atoms with Gasteiger partial charge in [0.25, 0.3) is 5.91 Å². The molecule has 3 rings (SSSR count). The monoisotopic (exact) mass is 411 g/mol. The van der Waals surface area contributed by atoms with Crippen LogP contribution in [-0.4, -0.2) is 41.8 Å². The minimum Gasteiger partial charge on any atom is -0.454 e. The first-order valence-electron chi connectivity index (χ1n) is 10.1. The van der Waals surface area contributed by atoms with E-state index in [9.17, 15) is 18.8 Å². The number of ketones is 1. The van der Waals surface area contributed by atoms with E-state index in [1.807, 2.05) is 26.0 Å². The van der Waals surface area contributed by atoms with E-state index >= 15 is 0 Å². The molecular formula is C24H26FNO4. The van der Waals surface area contributed by atoms with Gasteiger partial charge in [-0.25, -0.2) is 4.39 Å². The molecular weight excluding hydrogens is 385 g/mol. The molecule has 0 spiro atoms. The largest absolute Gasteiger partial charge is 0.454 e. The van der Waals surface area contributed by atoms with Crippen molar-refractivity contribution in [3.63, 3.8) is 0 Å². The fourth-order valence-electron chi connectivity index (χ4n) is 3.55. The van der Waals surface area contributed by atoms with Crippen molar-refractivity contribution in [1.29, 1.82) is 0 Å². The molecule has 0 unspecified atom stereocenters. The van der Waals surface area contributed by atoms with Gasteiger partial charge in [0.2, 0.25) is 5.78 Å². The van der Waals surface area contributed by atoms with E-state index in [0.717, 1.165) is 11.1 Å². The summed E-state index contributed by atoms with van der Waals surface area (Å²) >= 11 is 0. The smallest absolute Gasteiger partial charge is 0.309 e. The molecule has 0 saturated carbocycles. The van der Waals surface area contributed by atoms with E-state index in [4.69, 9.17) is 4.74 Å². The molecule has 6 heteroatoms. The van der Waals surface area contributed by atoms with Gasteiger partial charge < -0.3 is 9.64 Å². The zero-order valence-corrected chi connectivity index (χ0v) is 17.5. The number of nitrogens with zero attached hydrogens (tertiary/aromatic N) is 1. The molecule has 2 aromatic carbocycles. The van der Waals surface area contributed by atoms with Crippen molar-refractivity contribution in [2.45, 2.75) is 39.7 Å². The number of benzene rings is 2. The van der Waals surface area contributed by atoms with Crippen LogP contribution in [0.15, 0.2) is 42.5 Å². The van der Waals surface area contributed by atoms with Crippen molar-refractivity contribution in [3.05, 3.63) is 70.5 Å². The van der Waals surface area contributed by atoms with Crippen LogP contribution in [0.2, 0.25) is 0 Å². The molecule has 0 aromatic heterocycles. The van der Waals surface area contributed by atoms with Gasteiger partial charge in [-0.2, -0.15) is 0 Å². The predicted octanol–water partition coefficient (Wildman–Crippen LogP) is 4.11. The number of halogens is 1. The Morgan fingerprint density at radius 1 is 0.967 bits per heavy atom. The highest BCUT2D eigenvalue weighted by Gasteiger charge is 2.31. The molecule has 30 heavy (non-hydrogen) atoms. The van der Waals surface area contributed by atoms with E-state index in [1.165, 1.54) is 24.3 Å². The lowest BCUT2D eigenvalue weighted by molar-refractivity contribution is -0.152. The zero-order chi connectivity index (χ0) is 21.8. The summed E-state index contributed by atoms with van der Waals surface area (Å²) in [6, 6.07) is 10.9. The third kappa shape index (κ3) is 4.93. The average Bonchev–Trinajstić information content (AvgIpc) is 2.75. The maximum Gasteiger partial charge on any atom is 0.309 e. The summed E-state index contributed by atoms with van der Waals surface area (Å²) in [5, 5.41) is 0. The van der Waals surface area contributed by atoms with Crippen molar-refractivity contribution in [2.75, 3.05) is 13.1 Å². The van der Waals surface area contributed by atoms with E-state index < -0.39 is 17.9 Å². The number of likely N-dealkylation sites (tertiary alicyclic amines) is 1. The van der Waals surface area contributed by atoms with Gasteiger partial charge in [0.05, 0.1) is 5.92 Å². The number of carbonyl (C=O) groups excluding carboxylic acids is 3. The molecule has 1 fully saturated rings. The molecule has 0 radical (unpaired) electrons. The van der Waals surface area contributed by atoms with Crippen LogP contribution in [0.4, 0.5) is 4.39 Å². The van der Waals surface area contributed by atoms with Gasteiger partial charge in [-0.05, 0) is 75.1 Å². The molecule has 2 aromatic rings. The Labute approximate surface area is 175 Å². The molecule has 1 heterocycles. The second kappa shape index (κ2) is 9.20. The molecule has 0 aliphatic carbocycles. The van der Waals surface area contributed by atoms with E-state index in [-0.39, 0.29) is 17.6 Å². The molecule has 158 valence electrons. The summed E-state index contributed by atoms with van der Waals surface area (Å²) in [7, 11) is 0. The molecule has 0 N–H and O–H groups in total. The van der Waals surface area contributed by atoms with Crippen molar-refractivity contribution in [3.8, 4) is 0 Å². The molecule has 1 amide bonds. The molecule has 1 atom stereocenters. The number of Topliss-reactive ketones (excluding diaryl/α,β-unsaturated/α-hetero) is 1. The molecule has 1 saturated heterocycles. The maximum absolute atomic E-state index is 13.0. The summed E-state index contributed by atoms with van der Waals surface area (Å²) in [5.41, 5.74) is 3.05. The Hall–Kier alpha value is -3.02. The first kappa shape index (κ1) is 21.7. The summed E-state index contributed by atoms with van der Waals surface area (Å²) in [4.78, 5) is 39.3. The first-order valence-corrected chi connectivity index (χ1v) is 10.1. The standard InChI is InChI=1S/C24H26FNO4/c1-15-4-5-20(14-16(15)2)22(27)17(3)30-24(29)19-10-12-26(13-11-19)23(28)18-6-8-21(25)9-7-18/h4-9,14,17,19H,10-13H2,1-3H3/t17-/m0/s1. The third-order valence-corrected chi connectivity index (χ3v) is 5.66. The highest BCUT2D eigenvalue weighted by molar-refractivity contribution is 6.00. The Balaban J connectivity index is 1.53. The Bertz CT molecular complexity index is 946. The quantitative estimate of drug-likeness (QED) is 0.549. The van der Waals surface area contributed by atoms with E-state index in [1.54, 1.807) is 17.9 Å². The third-order valence-electron chi connectivity index (χ3n) is 5.66. The van der Waals surface area contributed by atoms with Crippen molar-refractivity contribution >= 4 is 17.7 Å². The highest BCUT2D eigenvalue weighted by atomic mass is 19.1. The number of hydrogen-bond acceptors (Lipinski definition) is 4. The van der Waals surface area contributed by atoms with Gasteiger partial charge in [0, 0.05) is 24.2 Å². The Morgan fingerprint density at radius 2 is 1.57 bits per heavy atom. The number of hydrogen-bond donors (Lipinski definition) is 0. The SMILES string of the molecule is Cc1ccc(C(=O)[C@H](C)OC(=O)C2CCN(C(=O)c3ccc(F)cc3)CC2)cc1C. The fraction of sp³-hybridized carbons (Fsp3) is 0.375. The lowest BCUT2D eigenvalue weighted by Gasteiger charge is -2.31. The lowest BCUT2D eigenvalue weighted by atomic mass is 9.96. The topological polar surface area (TPSA) is 63.7 Å². The second-order valence-corrected chi connectivity index (χ2v) is 7.82. The number of aryl methyl sites for hydroxylation is 2. The van der Waals surface area contributed by atoms with E-state index in [2.05, 4.69) is 0 Å². The predicted molar refractivity (Wildman–Crippen MR) is 111 cm³/mol. The lowest BCUT2D eigenvalue weighted by Crippen LogP contribution is -2.41. The van der Waals surface area contributed by atoms with Crippen LogP contribution >= 0.6 is 0 Å². The summed E-state index contributed by atoms with van der Waals surface area (Å²) < 4.78 is 18.5. The van der Waals surface area contributed by atoms with Gasteiger partial charge >= 0.3 is 5.97 Å². The number of rotatable bonds is 5. The number of esters is 1. The van der Waals surface area contributed by atoms with Gasteiger partial charge in [-0.1, -0.05) is 12.1 Å². The van der Waals surface area contributed by atoms with Gasteiger partial charge in [-0.15, -0.1) is 0 Å².